The van der Waals surface area contributed by atoms with E-state index in [9.17, 15) is 8.42 Å². The fourth-order valence-electron chi connectivity index (χ4n) is 0.929. The predicted octanol–water partition coefficient (Wildman–Crippen LogP) is 1.13. The maximum Gasteiger partial charge on any atom is 0.241 e. The van der Waals surface area contributed by atoms with Gasteiger partial charge in [-0.25, -0.2) is 8.42 Å². The number of sulfonamides is 1. The van der Waals surface area contributed by atoms with Gasteiger partial charge in [0.25, 0.3) is 0 Å². The van der Waals surface area contributed by atoms with Gasteiger partial charge in [-0.2, -0.15) is 4.72 Å². The van der Waals surface area contributed by atoms with Crippen LogP contribution in [0.5, 0.6) is 0 Å². The monoisotopic (exact) mass is 234 g/mol. The molecular weight excluding hydrogens is 224 g/mol. The highest BCUT2D eigenvalue weighted by atomic mass is 35.5. The summed E-state index contributed by atoms with van der Waals surface area (Å²) in [7, 11) is -3.51. The van der Waals surface area contributed by atoms with Crippen LogP contribution in [0.1, 0.15) is 6.92 Å². The van der Waals surface area contributed by atoms with Gasteiger partial charge in [-0.05, 0) is 31.2 Å². The molecule has 0 aliphatic heterocycles. The van der Waals surface area contributed by atoms with Crippen molar-refractivity contribution in [2.75, 3.05) is 5.73 Å². The number of hydrogen-bond acceptors (Lipinski definition) is 3. The van der Waals surface area contributed by atoms with Crippen molar-refractivity contribution in [2.24, 2.45) is 0 Å². The van der Waals surface area contributed by atoms with E-state index in [1.54, 1.807) is 0 Å². The second-order valence-electron chi connectivity index (χ2n) is 2.81. The first-order valence-corrected chi connectivity index (χ1v) is 5.86. The molecule has 0 saturated carbocycles. The van der Waals surface area contributed by atoms with Crippen LogP contribution in [0, 0.1) is 0 Å². The van der Waals surface area contributed by atoms with Crippen LogP contribution in [0.15, 0.2) is 29.2 Å². The number of alkyl halides is 1. The highest BCUT2D eigenvalue weighted by Crippen LogP contribution is 2.12. The number of nitrogen functional groups attached to an aromatic ring is 1. The molecule has 6 heteroatoms. The molecule has 0 aromatic heterocycles. The minimum absolute atomic E-state index is 0.152. The lowest BCUT2D eigenvalue weighted by Crippen LogP contribution is -2.28. The molecule has 0 bridgehead atoms. The van der Waals surface area contributed by atoms with Gasteiger partial charge in [-0.3, -0.25) is 0 Å². The second-order valence-corrected chi connectivity index (χ2v) is 5.17. The molecule has 0 amide bonds. The zero-order valence-corrected chi connectivity index (χ0v) is 9.14. The van der Waals surface area contributed by atoms with Gasteiger partial charge in [-0.1, -0.05) is 0 Å². The largest absolute Gasteiger partial charge is 0.399 e. The van der Waals surface area contributed by atoms with Crippen LogP contribution >= 0.6 is 11.6 Å². The number of hydrogen-bond donors (Lipinski definition) is 2. The first-order valence-electron chi connectivity index (χ1n) is 3.94. The second kappa shape index (κ2) is 4.16. The summed E-state index contributed by atoms with van der Waals surface area (Å²) in [6, 6.07) is 5.90. The van der Waals surface area contributed by atoms with Crippen molar-refractivity contribution >= 4 is 27.3 Å². The summed E-state index contributed by atoms with van der Waals surface area (Å²) in [5.74, 6) is 0. The predicted molar refractivity (Wildman–Crippen MR) is 56.5 cm³/mol. The molecular formula is C8H11ClN2O2S. The van der Waals surface area contributed by atoms with E-state index in [-0.39, 0.29) is 4.90 Å². The molecule has 0 saturated heterocycles. The van der Waals surface area contributed by atoms with Crippen molar-refractivity contribution in [1.29, 1.82) is 0 Å². The van der Waals surface area contributed by atoms with Crippen molar-refractivity contribution in [2.45, 2.75) is 17.3 Å². The number of rotatable bonds is 3. The van der Waals surface area contributed by atoms with Gasteiger partial charge in [-0.15, -0.1) is 11.6 Å². The molecule has 4 nitrogen and oxygen atoms in total. The summed E-state index contributed by atoms with van der Waals surface area (Å²) in [5.41, 5.74) is 5.31. The Morgan fingerprint density at radius 3 is 2.29 bits per heavy atom. The minimum atomic E-state index is -3.51. The summed E-state index contributed by atoms with van der Waals surface area (Å²) in [5, 5.41) is 0. The SMILES string of the molecule is CC(Cl)NS(=O)(=O)c1ccc(N)cc1. The summed E-state index contributed by atoms with van der Waals surface area (Å²) < 4.78 is 25.3. The van der Waals surface area contributed by atoms with Gasteiger partial charge in [0.1, 0.15) is 0 Å². The normalized spacial score (nSPS) is 13.9. The third-order valence-electron chi connectivity index (χ3n) is 1.51. The van der Waals surface area contributed by atoms with Crippen molar-refractivity contribution in [1.82, 2.24) is 4.72 Å². The molecule has 14 heavy (non-hydrogen) atoms. The Kier molecular flexibility index (Phi) is 3.36. The van der Waals surface area contributed by atoms with E-state index in [0.717, 1.165) is 0 Å². The van der Waals surface area contributed by atoms with Gasteiger partial charge >= 0.3 is 0 Å². The van der Waals surface area contributed by atoms with Gasteiger partial charge < -0.3 is 5.73 Å². The summed E-state index contributed by atoms with van der Waals surface area (Å²) >= 11 is 5.53. The fraction of sp³-hybridized carbons (Fsp3) is 0.250. The van der Waals surface area contributed by atoms with E-state index >= 15 is 0 Å². The number of anilines is 1. The van der Waals surface area contributed by atoms with E-state index < -0.39 is 15.5 Å². The quantitative estimate of drug-likeness (QED) is 0.468. The van der Waals surface area contributed by atoms with Crippen molar-refractivity contribution < 1.29 is 8.42 Å². The van der Waals surface area contributed by atoms with Crippen molar-refractivity contribution in [3.05, 3.63) is 24.3 Å². The molecule has 1 aromatic rings. The number of halogens is 1. The van der Waals surface area contributed by atoms with Crippen molar-refractivity contribution in [3.8, 4) is 0 Å². The van der Waals surface area contributed by atoms with E-state index in [0.29, 0.717) is 5.69 Å². The first-order chi connectivity index (χ1) is 6.42. The number of nitrogens with one attached hydrogen (secondary N) is 1. The van der Waals surface area contributed by atoms with Crippen LogP contribution in [0.4, 0.5) is 5.69 Å². The van der Waals surface area contributed by atoms with Gasteiger partial charge in [0.15, 0.2) is 0 Å². The molecule has 1 rings (SSSR count). The van der Waals surface area contributed by atoms with E-state index in [1.807, 2.05) is 0 Å². The molecule has 0 fully saturated rings. The van der Waals surface area contributed by atoms with E-state index in [4.69, 9.17) is 17.3 Å². The van der Waals surface area contributed by atoms with Crippen LogP contribution in [0.25, 0.3) is 0 Å². The fourth-order valence-corrected chi connectivity index (χ4v) is 2.34. The molecule has 0 aliphatic rings. The summed E-state index contributed by atoms with van der Waals surface area (Å²) in [6.45, 7) is 1.54. The number of benzene rings is 1. The summed E-state index contributed by atoms with van der Waals surface area (Å²) in [6.07, 6.45) is 0. The van der Waals surface area contributed by atoms with Gasteiger partial charge in [0.05, 0.1) is 10.4 Å². The van der Waals surface area contributed by atoms with E-state index in [2.05, 4.69) is 4.72 Å². The van der Waals surface area contributed by atoms with Gasteiger partial charge in [0, 0.05) is 5.69 Å². The Bertz CT molecular complexity index is 400. The standard InChI is InChI=1S/C8H11ClN2O2S/c1-6(9)11-14(12,13)8-4-2-7(10)3-5-8/h2-6,11H,10H2,1H3. The maximum atomic E-state index is 11.5. The average molecular weight is 235 g/mol. The molecule has 0 radical (unpaired) electrons. The summed E-state index contributed by atoms with van der Waals surface area (Å²) in [4.78, 5) is 0.152. The Morgan fingerprint density at radius 2 is 1.86 bits per heavy atom. The van der Waals surface area contributed by atoms with Gasteiger partial charge in [0.2, 0.25) is 10.0 Å². The third-order valence-corrected chi connectivity index (χ3v) is 3.30. The Morgan fingerprint density at radius 1 is 1.36 bits per heavy atom. The third kappa shape index (κ3) is 2.87. The molecule has 1 atom stereocenters. The van der Waals surface area contributed by atoms with Crippen LogP contribution in [-0.2, 0) is 10.0 Å². The zero-order valence-electron chi connectivity index (χ0n) is 7.57. The zero-order chi connectivity index (χ0) is 10.8. The molecule has 3 N–H and O–H groups in total. The first kappa shape index (κ1) is 11.3. The maximum absolute atomic E-state index is 11.5. The Balaban J connectivity index is 2.99. The lowest BCUT2D eigenvalue weighted by molar-refractivity contribution is 0.580. The van der Waals surface area contributed by atoms with Crippen LogP contribution in [0.2, 0.25) is 0 Å². The van der Waals surface area contributed by atoms with Crippen LogP contribution < -0.4 is 10.5 Å². The molecule has 1 aromatic carbocycles. The van der Waals surface area contributed by atoms with E-state index in [1.165, 1.54) is 31.2 Å². The lowest BCUT2D eigenvalue weighted by atomic mass is 10.3. The lowest BCUT2D eigenvalue weighted by Gasteiger charge is -2.07. The average Bonchev–Trinajstić information content (AvgIpc) is 2.02. The Labute approximate surface area is 88.1 Å². The number of nitrogens with two attached hydrogens (primary N) is 1. The highest BCUT2D eigenvalue weighted by Gasteiger charge is 2.15. The highest BCUT2D eigenvalue weighted by molar-refractivity contribution is 7.89. The van der Waals surface area contributed by atoms with Crippen LogP contribution in [0.3, 0.4) is 0 Å². The van der Waals surface area contributed by atoms with Crippen LogP contribution in [-0.4, -0.2) is 13.9 Å². The topological polar surface area (TPSA) is 72.2 Å². The smallest absolute Gasteiger partial charge is 0.241 e. The molecule has 78 valence electrons. The Hall–Kier alpha value is -0.780. The van der Waals surface area contributed by atoms with Crippen molar-refractivity contribution in [3.63, 3.8) is 0 Å². The minimum Gasteiger partial charge on any atom is -0.399 e. The molecule has 0 spiro atoms. The molecule has 0 heterocycles. The molecule has 0 aliphatic carbocycles. The molecule has 1 unspecified atom stereocenters.